The molecule has 3 heteroatoms. The van der Waals surface area contributed by atoms with Gasteiger partial charge in [-0.15, -0.1) is 0 Å². The minimum atomic E-state index is -0.506. The van der Waals surface area contributed by atoms with Crippen molar-refractivity contribution in [2.45, 2.75) is 82.5 Å². The van der Waals surface area contributed by atoms with Gasteiger partial charge in [-0.3, -0.25) is 0 Å². The lowest BCUT2D eigenvalue weighted by Gasteiger charge is -2.31. The Morgan fingerprint density at radius 1 is 1.28 bits per heavy atom. The minimum absolute atomic E-state index is 0.466. The number of piperidine rings is 1. The first-order valence-corrected chi connectivity index (χ1v) is 7.73. The molecule has 2 rings (SSSR count). The molecule has 2 aliphatic rings. The molecule has 3 nitrogen and oxygen atoms in total. The highest BCUT2D eigenvalue weighted by atomic mass is 16.5. The third-order valence-corrected chi connectivity index (χ3v) is 4.36. The third kappa shape index (κ3) is 4.87. The topological polar surface area (TPSA) is 41.5 Å². The highest BCUT2D eigenvalue weighted by Gasteiger charge is 2.26. The highest BCUT2D eigenvalue weighted by Crippen LogP contribution is 2.25. The molecular weight excluding hydrogens is 226 g/mol. The van der Waals surface area contributed by atoms with Gasteiger partial charge in [-0.1, -0.05) is 6.42 Å². The summed E-state index contributed by atoms with van der Waals surface area (Å²) in [6, 6.07) is 0.525. The summed E-state index contributed by atoms with van der Waals surface area (Å²) < 4.78 is 5.62. The van der Waals surface area contributed by atoms with Gasteiger partial charge in [0.15, 0.2) is 0 Å². The second kappa shape index (κ2) is 6.88. The van der Waals surface area contributed by atoms with Crippen LogP contribution in [0.5, 0.6) is 0 Å². The Balaban J connectivity index is 1.62. The van der Waals surface area contributed by atoms with Gasteiger partial charge in [0, 0.05) is 12.6 Å². The average molecular weight is 255 g/mol. The van der Waals surface area contributed by atoms with Crippen molar-refractivity contribution < 1.29 is 9.84 Å². The summed E-state index contributed by atoms with van der Waals surface area (Å²) in [6.45, 7) is 4.06. The first-order valence-electron chi connectivity index (χ1n) is 7.73. The summed E-state index contributed by atoms with van der Waals surface area (Å²) >= 11 is 0. The van der Waals surface area contributed by atoms with E-state index >= 15 is 0 Å². The van der Waals surface area contributed by atoms with E-state index in [-0.39, 0.29) is 0 Å². The Morgan fingerprint density at radius 3 is 2.83 bits per heavy atom. The molecule has 0 aromatic rings. The highest BCUT2D eigenvalue weighted by molar-refractivity contribution is 4.83. The van der Waals surface area contributed by atoms with Crippen molar-refractivity contribution in [3.05, 3.63) is 0 Å². The van der Waals surface area contributed by atoms with E-state index in [1.54, 1.807) is 0 Å². The van der Waals surface area contributed by atoms with Crippen LogP contribution in [0.25, 0.3) is 0 Å². The predicted octanol–water partition coefficient (Wildman–Crippen LogP) is 2.62. The summed E-state index contributed by atoms with van der Waals surface area (Å²) in [6.07, 6.45) is 10.7. The summed E-state index contributed by atoms with van der Waals surface area (Å²) in [5.41, 5.74) is -0.506. The van der Waals surface area contributed by atoms with Gasteiger partial charge in [0.2, 0.25) is 0 Å². The van der Waals surface area contributed by atoms with Gasteiger partial charge >= 0.3 is 0 Å². The smallest absolute Gasteiger partial charge is 0.0634 e. The quantitative estimate of drug-likeness (QED) is 0.766. The fraction of sp³-hybridized carbons (Fsp3) is 1.00. The summed E-state index contributed by atoms with van der Waals surface area (Å²) in [4.78, 5) is 0. The van der Waals surface area contributed by atoms with E-state index in [2.05, 4.69) is 5.32 Å². The van der Waals surface area contributed by atoms with Crippen LogP contribution in [0.1, 0.15) is 64.7 Å². The third-order valence-electron chi connectivity index (χ3n) is 4.36. The molecule has 0 saturated carbocycles. The van der Waals surface area contributed by atoms with Gasteiger partial charge < -0.3 is 15.2 Å². The van der Waals surface area contributed by atoms with E-state index in [9.17, 15) is 5.11 Å². The largest absolute Gasteiger partial charge is 0.390 e. The molecule has 2 N–H and O–H groups in total. The number of hydrogen-bond donors (Lipinski definition) is 2. The van der Waals surface area contributed by atoms with Crippen molar-refractivity contribution in [1.82, 2.24) is 5.32 Å². The van der Waals surface area contributed by atoms with Crippen LogP contribution in [0, 0.1) is 0 Å². The molecular formula is C15H29NO2. The number of aliphatic hydroxyl groups is 1. The number of rotatable bonds is 6. The van der Waals surface area contributed by atoms with Crippen LogP contribution in [0.2, 0.25) is 0 Å². The fourth-order valence-corrected chi connectivity index (χ4v) is 3.31. The Bertz CT molecular complexity index is 231. The van der Waals surface area contributed by atoms with Crippen molar-refractivity contribution in [2.75, 3.05) is 13.2 Å². The van der Waals surface area contributed by atoms with E-state index in [4.69, 9.17) is 4.74 Å². The van der Waals surface area contributed by atoms with Crippen LogP contribution < -0.4 is 5.32 Å². The first kappa shape index (κ1) is 14.3. The zero-order valence-electron chi connectivity index (χ0n) is 11.8. The van der Waals surface area contributed by atoms with E-state index < -0.39 is 5.60 Å². The fourth-order valence-electron chi connectivity index (χ4n) is 3.31. The minimum Gasteiger partial charge on any atom is -0.390 e. The van der Waals surface area contributed by atoms with Crippen molar-refractivity contribution >= 4 is 0 Å². The van der Waals surface area contributed by atoms with Gasteiger partial charge in [-0.25, -0.2) is 0 Å². The van der Waals surface area contributed by atoms with Gasteiger partial charge in [-0.2, -0.15) is 0 Å². The van der Waals surface area contributed by atoms with Crippen LogP contribution in [-0.2, 0) is 4.74 Å². The molecule has 0 aliphatic carbocycles. The normalized spacial score (nSPS) is 32.3. The molecule has 0 bridgehead atoms. The number of ether oxygens (including phenoxy) is 1. The summed E-state index contributed by atoms with van der Waals surface area (Å²) in [5.74, 6) is 0. The molecule has 3 atom stereocenters. The van der Waals surface area contributed by atoms with Crippen molar-refractivity contribution in [1.29, 1.82) is 0 Å². The summed E-state index contributed by atoms with van der Waals surface area (Å²) in [7, 11) is 0. The molecule has 2 aliphatic heterocycles. The molecule has 0 aromatic heterocycles. The molecule has 0 amide bonds. The van der Waals surface area contributed by atoms with Crippen LogP contribution >= 0.6 is 0 Å². The zero-order valence-corrected chi connectivity index (χ0v) is 11.8. The second-order valence-electron chi connectivity index (χ2n) is 6.38. The maximum absolute atomic E-state index is 10.5. The summed E-state index contributed by atoms with van der Waals surface area (Å²) in [5, 5.41) is 14.0. The molecule has 3 unspecified atom stereocenters. The lowest BCUT2D eigenvalue weighted by atomic mass is 9.87. The van der Waals surface area contributed by atoms with Gasteiger partial charge in [0.1, 0.15) is 0 Å². The van der Waals surface area contributed by atoms with Crippen molar-refractivity contribution in [3.8, 4) is 0 Å². The molecule has 2 heterocycles. The molecule has 2 saturated heterocycles. The molecule has 0 radical (unpaired) electrons. The lowest BCUT2D eigenvalue weighted by Crippen LogP contribution is -2.40. The number of nitrogens with one attached hydrogen (secondary N) is 1. The van der Waals surface area contributed by atoms with Crippen LogP contribution in [0.3, 0.4) is 0 Å². The molecule has 0 aromatic carbocycles. The van der Waals surface area contributed by atoms with E-state index in [0.29, 0.717) is 12.1 Å². The van der Waals surface area contributed by atoms with Gasteiger partial charge in [0.05, 0.1) is 11.7 Å². The molecule has 2 fully saturated rings. The van der Waals surface area contributed by atoms with Crippen molar-refractivity contribution in [3.63, 3.8) is 0 Å². The van der Waals surface area contributed by atoms with Gasteiger partial charge in [0.25, 0.3) is 0 Å². The number of hydrogen-bond acceptors (Lipinski definition) is 3. The Kier molecular flexibility index (Phi) is 5.46. The lowest BCUT2D eigenvalue weighted by molar-refractivity contribution is 0.0209. The second-order valence-corrected chi connectivity index (χ2v) is 6.38. The molecule has 18 heavy (non-hydrogen) atoms. The monoisotopic (exact) mass is 255 g/mol. The van der Waals surface area contributed by atoms with E-state index in [1.807, 2.05) is 6.92 Å². The van der Waals surface area contributed by atoms with E-state index in [1.165, 1.54) is 32.1 Å². The maximum atomic E-state index is 10.5. The molecule has 0 spiro atoms. The zero-order chi connectivity index (χ0) is 12.8. The standard InChI is InChI=1S/C15H29NO2/c1-15(17,12-13-6-2-3-10-16-13)9-4-7-14-8-5-11-18-14/h13-14,16-17H,2-12H2,1H3. The predicted molar refractivity (Wildman–Crippen MR) is 73.7 cm³/mol. The Morgan fingerprint density at radius 2 is 2.17 bits per heavy atom. The van der Waals surface area contributed by atoms with Crippen LogP contribution in [0.15, 0.2) is 0 Å². The van der Waals surface area contributed by atoms with Crippen molar-refractivity contribution in [2.24, 2.45) is 0 Å². The Hall–Kier alpha value is -0.120. The Labute approximate surface area is 111 Å². The molecule has 106 valence electrons. The van der Waals surface area contributed by atoms with Crippen LogP contribution in [-0.4, -0.2) is 36.0 Å². The van der Waals surface area contributed by atoms with Crippen LogP contribution in [0.4, 0.5) is 0 Å². The van der Waals surface area contributed by atoms with Gasteiger partial charge in [-0.05, 0) is 64.8 Å². The SMILES string of the molecule is CC(O)(CCCC1CCCO1)CC1CCCCN1. The maximum Gasteiger partial charge on any atom is 0.0634 e. The first-order chi connectivity index (χ1) is 8.66. The average Bonchev–Trinajstić information content (AvgIpc) is 2.82. The van der Waals surface area contributed by atoms with E-state index in [0.717, 1.165) is 38.8 Å².